The van der Waals surface area contributed by atoms with Crippen molar-refractivity contribution >= 4 is 31.5 Å². The summed E-state index contributed by atoms with van der Waals surface area (Å²) >= 11 is 0.876. The van der Waals surface area contributed by atoms with Gasteiger partial charge < -0.3 is 0 Å². The smallest absolute Gasteiger partial charge is 0.164 e. The molecule has 2 aromatic heterocycles. The molecule has 7 aromatic carbocycles. The van der Waals surface area contributed by atoms with Crippen LogP contribution in [0, 0.1) is 0 Å². The lowest BCUT2D eigenvalue weighted by molar-refractivity contribution is 1.07. The Morgan fingerprint density at radius 2 is 0.837 bits per heavy atom. The van der Waals surface area contributed by atoms with Crippen LogP contribution in [0.5, 0.6) is 0 Å². The van der Waals surface area contributed by atoms with E-state index in [1.807, 2.05) is 72.8 Å². The quantitative estimate of drug-likeness (QED) is 0.179. The van der Waals surface area contributed by atoms with Crippen molar-refractivity contribution in [1.82, 2.24) is 15.0 Å². The van der Waals surface area contributed by atoms with Gasteiger partial charge in [0.25, 0.3) is 0 Å². The van der Waals surface area contributed by atoms with E-state index in [1.54, 1.807) is 0 Å². The van der Waals surface area contributed by atoms with E-state index in [-0.39, 0.29) is 78.5 Å². The van der Waals surface area contributed by atoms with Gasteiger partial charge in [0.05, 0.1) is 15.1 Å². The molecule has 0 fully saturated rings. The number of aromatic nitrogens is 3. The molecule has 0 radical (unpaired) electrons. The summed E-state index contributed by atoms with van der Waals surface area (Å²) in [7, 11) is 0. The van der Waals surface area contributed by atoms with Crippen LogP contribution in [0.4, 0.5) is 0 Å². The predicted molar refractivity (Wildman–Crippen MR) is 205 cm³/mol. The molecule has 4 heteroatoms. The summed E-state index contributed by atoms with van der Waals surface area (Å²) in [6.45, 7) is 0. The number of fused-ring (bicyclic) bond motifs is 3. The Bertz CT molecular complexity index is 3170. The maximum atomic E-state index is 9.53. The first kappa shape index (κ1) is 19.6. The molecule has 0 unspecified atom stereocenters. The van der Waals surface area contributed by atoms with Crippen molar-refractivity contribution in [1.29, 1.82) is 0 Å². The van der Waals surface area contributed by atoms with E-state index >= 15 is 0 Å². The highest BCUT2D eigenvalue weighted by Crippen LogP contribution is 2.38. The van der Waals surface area contributed by atoms with Crippen LogP contribution in [-0.2, 0) is 0 Å². The molecular formula is C45H29N3S. The van der Waals surface area contributed by atoms with Crippen LogP contribution < -0.4 is 0 Å². The zero-order valence-corrected chi connectivity index (χ0v) is 26.5. The van der Waals surface area contributed by atoms with Crippen LogP contribution in [0.1, 0.15) is 15.1 Å². The molecule has 9 rings (SSSR count). The third kappa shape index (κ3) is 5.69. The summed E-state index contributed by atoms with van der Waals surface area (Å²) in [6, 6.07) is 29.7. The van der Waals surface area contributed by atoms with Crippen LogP contribution in [0.15, 0.2) is 176 Å². The Balaban J connectivity index is 1.21. The second-order valence-corrected chi connectivity index (χ2v) is 12.2. The van der Waals surface area contributed by atoms with Crippen molar-refractivity contribution < 1.29 is 15.1 Å². The van der Waals surface area contributed by atoms with E-state index < -0.39 is 42.3 Å². The fourth-order valence-electron chi connectivity index (χ4n) is 5.63. The van der Waals surface area contributed by atoms with E-state index in [4.69, 9.17) is 25.9 Å². The molecule has 0 N–H and O–H groups in total. The van der Waals surface area contributed by atoms with Gasteiger partial charge in [-0.05, 0) is 57.6 Å². The molecule has 230 valence electrons. The standard InChI is InChI=1S/C45H29N3S/c1-4-10-30(11-5-1)32-16-18-33(19-17-32)34-20-22-36(23-21-34)44-46-43(35-14-8-3-9-15-35)47-45(48-44)38-25-27-41-40(28-38)39-26-24-37(29-42(39)49-41)31-12-6-2-7-13-31/h1-29H/i2D,6D,7D,12D,13D,24D,25D,26D,27D,28D,29D. The molecule has 0 aliphatic carbocycles. The Labute approximate surface area is 304 Å². The Kier molecular flexibility index (Phi) is 4.96. The van der Waals surface area contributed by atoms with Gasteiger partial charge in [0.1, 0.15) is 0 Å². The predicted octanol–water partition coefficient (Wildman–Crippen LogP) is 12.2. The molecule has 0 aliphatic rings. The van der Waals surface area contributed by atoms with Gasteiger partial charge in [-0.3, -0.25) is 0 Å². The average Bonchev–Trinajstić information content (AvgIpc) is 3.70. The largest absolute Gasteiger partial charge is 0.208 e. The molecule has 0 aliphatic heterocycles. The Hall–Kier alpha value is -6.23. The second-order valence-electron chi connectivity index (χ2n) is 11.2. The minimum atomic E-state index is -0.644. The third-order valence-corrected chi connectivity index (χ3v) is 9.14. The van der Waals surface area contributed by atoms with Gasteiger partial charge in [0, 0.05) is 36.9 Å². The van der Waals surface area contributed by atoms with Crippen molar-refractivity contribution in [2.24, 2.45) is 0 Å². The van der Waals surface area contributed by atoms with E-state index in [9.17, 15) is 4.11 Å². The Morgan fingerprint density at radius 3 is 1.45 bits per heavy atom. The SMILES string of the molecule is [2H]c1c([2H])c([2H])c(-c2c([2H])c([2H])c3c(sc4c([2H])c([2H])c(-c5nc(-c6ccccc6)nc(-c6ccc(-c7ccc(-c8ccccc8)cc7)cc6)n5)c([2H])c43)c2[2H])c([2H])c1[2H]. The van der Waals surface area contributed by atoms with Crippen LogP contribution in [0.3, 0.4) is 0 Å². The highest BCUT2D eigenvalue weighted by molar-refractivity contribution is 7.25. The zero-order chi connectivity index (χ0) is 42.1. The van der Waals surface area contributed by atoms with Gasteiger partial charge >= 0.3 is 0 Å². The summed E-state index contributed by atoms with van der Waals surface area (Å²) in [5, 5.41) is 0.0577. The molecule has 49 heavy (non-hydrogen) atoms. The second kappa shape index (κ2) is 12.4. The summed E-state index contributed by atoms with van der Waals surface area (Å²) in [5.74, 6) is 0.475. The molecular weight excluding hydrogens is 615 g/mol. The van der Waals surface area contributed by atoms with Crippen molar-refractivity contribution in [3.63, 3.8) is 0 Å². The molecule has 2 heterocycles. The molecule has 0 bridgehead atoms. The van der Waals surface area contributed by atoms with Crippen molar-refractivity contribution in [3.8, 4) is 67.5 Å². The molecule has 0 amide bonds. The minimum Gasteiger partial charge on any atom is -0.208 e. The summed E-state index contributed by atoms with van der Waals surface area (Å²) in [6.07, 6.45) is 0. The molecule has 0 saturated carbocycles. The van der Waals surface area contributed by atoms with Crippen LogP contribution in [0.2, 0.25) is 0 Å². The fourth-order valence-corrected chi connectivity index (χ4v) is 6.60. The summed E-state index contributed by atoms with van der Waals surface area (Å²) in [4.78, 5) is 14.3. The third-order valence-electron chi connectivity index (χ3n) is 8.12. The maximum absolute atomic E-state index is 9.53. The fraction of sp³-hybridized carbons (Fsp3) is 0. The number of hydrogen-bond acceptors (Lipinski definition) is 4. The molecule has 0 atom stereocenters. The molecule has 0 spiro atoms. The van der Waals surface area contributed by atoms with Crippen molar-refractivity contribution in [3.05, 3.63) is 176 Å². The van der Waals surface area contributed by atoms with Gasteiger partial charge in [-0.2, -0.15) is 0 Å². The number of hydrogen-bond donors (Lipinski definition) is 0. The Morgan fingerprint density at radius 1 is 0.347 bits per heavy atom. The number of benzene rings is 7. The van der Waals surface area contributed by atoms with Gasteiger partial charge in [0.15, 0.2) is 17.5 Å². The molecule has 9 aromatic rings. The van der Waals surface area contributed by atoms with E-state index in [0.29, 0.717) is 11.1 Å². The molecule has 3 nitrogen and oxygen atoms in total. The highest BCUT2D eigenvalue weighted by Gasteiger charge is 2.15. The minimum absolute atomic E-state index is 0.00539. The van der Waals surface area contributed by atoms with E-state index in [2.05, 4.69) is 36.4 Å². The first-order valence-corrected chi connectivity index (χ1v) is 16.3. The van der Waals surface area contributed by atoms with Crippen LogP contribution in [0.25, 0.3) is 87.7 Å². The maximum Gasteiger partial charge on any atom is 0.164 e. The van der Waals surface area contributed by atoms with Gasteiger partial charge in [-0.15, -0.1) is 11.3 Å². The highest BCUT2D eigenvalue weighted by atomic mass is 32.1. The van der Waals surface area contributed by atoms with Gasteiger partial charge in [0.2, 0.25) is 0 Å². The lowest BCUT2D eigenvalue weighted by Crippen LogP contribution is -2.00. The number of rotatable bonds is 6. The summed E-state index contributed by atoms with van der Waals surface area (Å²) < 4.78 is 96.7. The lowest BCUT2D eigenvalue weighted by Gasteiger charge is -2.10. The van der Waals surface area contributed by atoms with E-state index in [1.165, 1.54) is 0 Å². The van der Waals surface area contributed by atoms with Gasteiger partial charge in [-0.25, -0.2) is 15.0 Å². The monoisotopic (exact) mass is 654 g/mol. The number of nitrogens with zero attached hydrogens (tertiary/aromatic N) is 3. The van der Waals surface area contributed by atoms with Crippen molar-refractivity contribution in [2.45, 2.75) is 0 Å². The van der Waals surface area contributed by atoms with Crippen LogP contribution in [-0.4, -0.2) is 15.0 Å². The summed E-state index contributed by atoms with van der Waals surface area (Å²) in [5.41, 5.74) is 4.68. The first-order chi connectivity index (χ1) is 28.8. The normalized spacial score (nSPS) is 14.4. The molecule has 0 saturated heterocycles. The van der Waals surface area contributed by atoms with Crippen molar-refractivity contribution in [2.75, 3.05) is 0 Å². The van der Waals surface area contributed by atoms with E-state index in [0.717, 1.165) is 33.6 Å². The lowest BCUT2D eigenvalue weighted by atomic mass is 9.99. The number of thiophene rings is 1. The average molecular weight is 655 g/mol. The zero-order valence-electron chi connectivity index (χ0n) is 36.6. The topological polar surface area (TPSA) is 38.7 Å². The van der Waals surface area contributed by atoms with Crippen LogP contribution >= 0.6 is 11.3 Å². The van der Waals surface area contributed by atoms with Gasteiger partial charge in [-0.1, -0.05) is 151 Å². The first-order valence-electron chi connectivity index (χ1n) is 21.0.